The first-order valence-electron chi connectivity index (χ1n) is 6.52. The van der Waals surface area contributed by atoms with Gasteiger partial charge in [0.15, 0.2) is 0 Å². The molecule has 0 atom stereocenters. The molecular weight excluding hydrogens is 204 g/mol. The van der Waals surface area contributed by atoms with Gasteiger partial charge in [-0.25, -0.2) is 4.79 Å². The predicted molar refractivity (Wildman–Crippen MR) is 62.9 cm³/mol. The monoisotopic (exact) mass is 227 g/mol. The summed E-state index contributed by atoms with van der Waals surface area (Å²) in [5, 5.41) is 0. The smallest absolute Gasteiger partial charge is 0.431 e. The van der Waals surface area contributed by atoms with Gasteiger partial charge in [0.1, 0.15) is 12.7 Å². The van der Waals surface area contributed by atoms with Crippen molar-refractivity contribution in [3.8, 4) is 0 Å². The van der Waals surface area contributed by atoms with Crippen molar-refractivity contribution in [3.05, 3.63) is 6.61 Å². The van der Waals surface area contributed by atoms with E-state index in [4.69, 9.17) is 9.47 Å². The van der Waals surface area contributed by atoms with Gasteiger partial charge in [-0.3, -0.25) is 0 Å². The van der Waals surface area contributed by atoms with Crippen LogP contribution >= 0.6 is 0 Å². The number of carbonyl (C=O) groups excluding carboxylic acids is 1. The number of hydrogen-bond acceptors (Lipinski definition) is 3. The third-order valence-corrected chi connectivity index (χ3v) is 2.92. The van der Waals surface area contributed by atoms with Crippen LogP contribution in [0.1, 0.15) is 64.7 Å². The zero-order valence-electron chi connectivity index (χ0n) is 10.2. The molecule has 1 saturated carbocycles. The summed E-state index contributed by atoms with van der Waals surface area (Å²) in [6.07, 6.45) is 9.40. The molecule has 0 aromatic heterocycles. The van der Waals surface area contributed by atoms with Crippen LogP contribution in [0.25, 0.3) is 0 Å². The normalized spacial score (nSPS) is 17.1. The molecule has 0 bridgehead atoms. The summed E-state index contributed by atoms with van der Waals surface area (Å²) in [7, 11) is 0. The number of ether oxygens (including phenoxy) is 2. The first kappa shape index (κ1) is 13.3. The van der Waals surface area contributed by atoms with Crippen LogP contribution in [0.5, 0.6) is 0 Å². The molecule has 0 aromatic rings. The Morgan fingerprint density at radius 1 is 1.25 bits per heavy atom. The second kappa shape index (κ2) is 8.43. The Morgan fingerprint density at radius 3 is 2.69 bits per heavy atom. The van der Waals surface area contributed by atoms with Crippen LogP contribution in [-0.2, 0) is 9.47 Å². The first-order valence-corrected chi connectivity index (χ1v) is 6.52. The molecular formula is C13H23O3. The summed E-state index contributed by atoms with van der Waals surface area (Å²) in [6, 6.07) is 0. The Morgan fingerprint density at radius 2 is 2.00 bits per heavy atom. The Balaban J connectivity index is 1.97. The van der Waals surface area contributed by atoms with Gasteiger partial charge in [0.05, 0.1) is 0 Å². The third-order valence-electron chi connectivity index (χ3n) is 2.92. The van der Waals surface area contributed by atoms with E-state index in [0.29, 0.717) is 0 Å². The molecule has 1 aliphatic rings. The number of hydrogen-bond donors (Lipinski definition) is 0. The van der Waals surface area contributed by atoms with Crippen LogP contribution < -0.4 is 0 Å². The topological polar surface area (TPSA) is 35.5 Å². The molecule has 93 valence electrons. The Labute approximate surface area is 98.5 Å². The lowest BCUT2D eigenvalue weighted by molar-refractivity contribution is 0.0229. The van der Waals surface area contributed by atoms with Gasteiger partial charge in [0.25, 0.3) is 0 Å². The maximum atomic E-state index is 11.3. The molecule has 16 heavy (non-hydrogen) atoms. The highest BCUT2D eigenvalue weighted by Gasteiger charge is 2.18. The fourth-order valence-corrected chi connectivity index (χ4v) is 1.95. The molecule has 0 amide bonds. The van der Waals surface area contributed by atoms with Crippen molar-refractivity contribution in [1.29, 1.82) is 0 Å². The van der Waals surface area contributed by atoms with Crippen molar-refractivity contribution in [2.45, 2.75) is 70.8 Å². The third kappa shape index (κ3) is 5.99. The number of unbranched alkanes of at least 4 members (excludes halogenated alkanes) is 3. The van der Waals surface area contributed by atoms with E-state index in [1.54, 1.807) is 6.61 Å². The van der Waals surface area contributed by atoms with Gasteiger partial charge in [-0.2, -0.15) is 0 Å². The van der Waals surface area contributed by atoms with Gasteiger partial charge in [0.2, 0.25) is 0 Å². The zero-order chi connectivity index (χ0) is 11.6. The van der Waals surface area contributed by atoms with E-state index in [-0.39, 0.29) is 6.10 Å². The van der Waals surface area contributed by atoms with E-state index in [1.807, 2.05) is 0 Å². The molecule has 1 rings (SSSR count). The molecule has 3 heteroatoms. The fraction of sp³-hybridized carbons (Fsp3) is 0.846. The Kier molecular flexibility index (Phi) is 7.02. The summed E-state index contributed by atoms with van der Waals surface area (Å²) < 4.78 is 10.1. The fourth-order valence-electron chi connectivity index (χ4n) is 1.95. The molecule has 0 saturated heterocycles. The molecule has 0 aromatic carbocycles. The van der Waals surface area contributed by atoms with Crippen molar-refractivity contribution in [3.63, 3.8) is 0 Å². The van der Waals surface area contributed by atoms with Gasteiger partial charge in [-0.15, -0.1) is 0 Å². The highest BCUT2D eigenvalue weighted by molar-refractivity contribution is 5.60. The van der Waals surface area contributed by atoms with Crippen LogP contribution in [-0.4, -0.2) is 12.3 Å². The molecule has 0 aliphatic heterocycles. The van der Waals surface area contributed by atoms with Crippen LogP contribution in [0, 0.1) is 6.61 Å². The highest BCUT2D eigenvalue weighted by atomic mass is 16.7. The minimum atomic E-state index is -0.525. The minimum absolute atomic E-state index is 0.0882. The largest absolute Gasteiger partial charge is 0.508 e. The van der Waals surface area contributed by atoms with E-state index in [1.165, 1.54) is 19.3 Å². The summed E-state index contributed by atoms with van der Waals surface area (Å²) in [4.78, 5) is 11.3. The van der Waals surface area contributed by atoms with Crippen LogP contribution in [0.3, 0.4) is 0 Å². The summed E-state index contributed by atoms with van der Waals surface area (Å²) in [6.45, 7) is 3.72. The van der Waals surface area contributed by atoms with E-state index in [2.05, 4.69) is 6.92 Å². The molecule has 1 aliphatic carbocycles. The van der Waals surface area contributed by atoms with Crippen molar-refractivity contribution < 1.29 is 14.3 Å². The average molecular weight is 227 g/mol. The van der Waals surface area contributed by atoms with Crippen LogP contribution in [0.4, 0.5) is 4.79 Å². The minimum Gasteiger partial charge on any atom is -0.431 e. The lowest BCUT2D eigenvalue weighted by Gasteiger charge is -2.21. The molecule has 1 fully saturated rings. The van der Waals surface area contributed by atoms with Gasteiger partial charge < -0.3 is 9.47 Å². The Hall–Kier alpha value is -0.730. The maximum Gasteiger partial charge on any atom is 0.508 e. The quantitative estimate of drug-likeness (QED) is 0.503. The van der Waals surface area contributed by atoms with E-state index >= 15 is 0 Å². The lowest BCUT2D eigenvalue weighted by atomic mass is 9.98. The predicted octanol–water partition coefficient (Wildman–Crippen LogP) is 4.21. The van der Waals surface area contributed by atoms with Crippen LogP contribution in [0.15, 0.2) is 0 Å². The molecule has 0 heterocycles. The van der Waals surface area contributed by atoms with E-state index < -0.39 is 6.16 Å². The Bertz CT molecular complexity index is 186. The standard InChI is InChI=1S/C13H23O3/c1-2-3-4-8-11-15-13(14)16-12-9-6-5-7-10-12/h11-12H,2-10H2,1H3. The first-order chi connectivity index (χ1) is 7.83. The maximum absolute atomic E-state index is 11.3. The van der Waals surface area contributed by atoms with Gasteiger partial charge in [-0.1, -0.05) is 26.2 Å². The second-order valence-electron chi connectivity index (χ2n) is 4.41. The SMILES string of the molecule is CCCCC[CH]OC(=O)OC1CCCCC1. The highest BCUT2D eigenvalue weighted by Crippen LogP contribution is 2.20. The summed E-state index contributed by atoms with van der Waals surface area (Å²) in [5.74, 6) is 0. The van der Waals surface area contributed by atoms with E-state index in [0.717, 1.165) is 38.5 Å². The van der Waals surface area contributed by atoms with E-state index in [9.17, 15) is 4.79 Å². The second-order valence-corrected chi connectivity index (χ2v) is 4.41. The van der Waals surface area contributed by atoms with Gasteiger partial charge in [-0.05, 0) is 38.5 Å². The van der Waals surface area contributed by atoms with Crippen LogP contribution in [0.2, 0.25) is 0 Å². The summed E-state index contributed by atoms with van der Waals surface area (Å²) >= 11 is 0. The zero-order valence-corrected chi connectivity index (χ0v) is 10.2. The molecule has 0 spiro atoms. The molecule has 0 unspecified atom stereocenters. The van der Waals surface area contributed by atoms with Gasteiger partial charge in [0, 0.05) is 0 Å². The summed E-state index contributed by atoms with van der Waals surface area (Å²) in [5.41, 5.74) is 0. The van der Waals surface area contributed by atoms with Crippen molar-refractivity contribution >= 4 is 6.16 Å². The lowest BCUT2D eigenvalue weighted by Crippen LogP contribution is -2.21. The van der Waals surface area contributed by atoms with Crippen molar-refractivity contribution in [2.75, 3.05) is 0 Å². The molecule has 1 radical (unpaired) electrons. The number of carbonyl (C=O) groups is 1. The molecule has 0 N–H and O–H groups in total. The molecule has 3 nitrogen and oxygen atoms in total. The average Bonchev–Trinajstić information content (AvgIpc) is 2.30. The van der Waals surface area contributed by atoms with Crippen molar-refractivity contribution in [1.82, 2.24) is 0 Å². The van der Waals surface area contributed by atoms with Gasteiger partial charge >= 0.3 is 6.16 Å². The van der Waals surface area contributed by atoms with Crippen molar-refractivity contribution in [2.24, 2.45) is 0 Å². The number of rotatable bonds is 6.